The molecule has 0 bridgehead atoms. The quantitative estimate of drug-likeness (QED) is 0.684. The highest BCUT2D eigenvalue weighted by Crippen LogP contribution is 2.11. The standard InChI is InChI=1S/C21H26N2O2/c1-3-4-5-17-8-12-19(13-9-17)23-21(25)22-15-14-20(24)18-10-6-16(2)7-11-18/h6-13H,3-5,14-15H2,1-2H3,(H2,22,23,25). The van der Waals surface area contributed by atoms with E-state index in [4.69, 9.17) is 0 Å². The molecule has 132 valence electrons. The maximum absolute atomic E-state index is 12.0. The largest absolute Gasteiger partial charge is 0.337 e. The van der Waals surface area contributed by atoms with Gasteiger partial charge in [-0.3, -0.25) is 4.79 Å². The van der Waals surface area contributed by atoms with Gasteiger partial charge in [-0.25, -0.2) is 4.79 Å². The second-order valence-corrected chi connectivity index (χ2v) is 6.22. The van der Waals surface area contributed by atoms with Gasteiger partial charge in [0.25, 0.3) is 0 Å². The van der Waals surface area contributed by atoms with Crippen LogP contribution in [0.3, 0.4) is 0 Å². The molecule has 2 N–H and O–H groups in total. The Hall–Kier alpha value is -2.62. The molecule has 0 saturated carbocycles. The van der Waals surface area contributed by atoms with Crippen LogP contribution in [-0.2, 0) is 6.42 Å². The van der Waals surface area contributed by atoms with Crippen LogP contribution >= 0.6 is 0 Å². The Morgan fingerprint density at radius 1 is 0.960 bits per heavy atom. The number of unbranched alkanes of at least 4 members (excludes halogenated alkanes) is 1. The number of aryl methyl sites for hydroxylation is 2. The number of Topliss-reactive ketones (excluding diaryl/α,β-unsaturated/α-hetero) is 1. The van der Waals surface area contributed by atoms with Crippen LogP contribution in [0.5, 0.6) is 0 Å². The zero-order chi connectivity index (χ0) is 18.1. The van der Waals surface area contributed by atoms with Crippen molar-refractivity contribution in [2.45, 2.75) is 39.5 Å². The molecule has 4 nitrogen and oxygen atoms in total. The Kier molecular flexibility index (Phi) is 7.20. The van der Waals surface area contributed by atoms with E-state index in [9.17, 15) is 9.59 Å². The molecule has 2 aromatic carbocycles. The first kappa shape index (κ1) is 18.7. The number of amides is 2. The molecule has 2 rings (SSSR count). The van der Waals surface area contributed by atoms with Crippen LogP contribution < -0.4 is 10.6 Å². The van der Waals surface area contributed by atoms with Crippen LogP contribution in [0, 0.1) is 6.92 Å². The second-order valence-electron chi connectivity index (χ2n) is 6.22. The Morgan fingerprint density at radius 2 is 1.64 bits per heavy atom. The average Bonchev–Trinajstić information content (AvgIpc) is 2.61. The zero-order valence-electron chi connectivity index (χ0n) is 15.0. The number of benzene rings is 2. The smallest absolute Gasteiger partial charge is 0.319 e. The molecule has 0 aliphatic carbocycles. The van der Waals surface area contributed by atoms with Crippen LogP contribution in [0.2, 0.25) is 0 Å². The summed E-state index contributed by atoms with van der Waals surface area (Å²) in [7, 11) is 0. The summed E-state index contributed by atoms with van der Waals surface area (Å²) < 4.78 is 0. The van der Waals surface area contributed by atoms with E-state index in [1.54, 1.807) is 0 Å². The summed E-state index contributed by atoms with van der Waals surface area (Å²) >= 11 is 0. The van der Waals surface area contributed by atoms with Crippen LogP contribution in [0.25, 0.3) is 0 Å². The fraction of sp³-hybridized carbons (Fsp3) is 0.333. The monoisotopic (exact) mass is 338 g/mol. The first-order valence-electron chi connectivity index (χ1n) is 8.82. The van der Waals surface area contributed by atoms with Gasteiger partial charge < -0.3 is 10.6 Å². The summed E-state index contributed by atoms with van der Waals surface area (Å²) in [5.74, 6) is 0.0283. The minimum absolute atomic E-state index is 0.0283. The Balaban J connectivity index is 1.73. The van der Waals surface area contributed by atoms with E-state index in [0.717, 1.165) is 17.7 Å². The third kappa shape index (κ3) is 6.42. The van der Waals surface area contributed by atoms with E-state index in [1.807, 2.05) is 55.5 Å². The summed E-state index contributed by atoms with van der Waals surface area (Å²) in [5, 5.41) is 5.51. The molecule has 0 radical (unpaired) electrons. The fourth-order valence-electron chi connectivity index (χ4n) is 2.48. The van der Waals surface area contributed by atoms with Gasteiger partial charge in [0.15, 0.2) is 5.78 Å². The molecular weight excluding hydrogens is 312 g/mol. The van der Waals surface area contributed by atoms with Gasteiger partial charge in [-0.05, 0) is 37.5 Å². The lowest BCUT2D eigenvalue weighted by Crippen LogP contribution is -2.30. The van der Waals surface area contributed by atoms with Crippen LogP contribution in [0.4, 0.5) is 10.5 Å². The van der Waals surface area contributed by atoms with Gasteiger partial charge in [0.2, 0.25) is 0 Å². The topological polar surface area (TPSA) is 58.2 Å². The van der Waals surface area contributed by atoms with E-state index in [0.29, 0.717) is 12.1 Å². The number of ketones is 1. The van der Waals surface area contributed by atoms with E-state index in [-0.39, 0.29) is 18.2 Å². The van der Waals surface area contributed by atoms with E-state index >= 15 is 0 Å². The molecule has 0 saturated heterocycles. The minimum atomic E-state index is -0.294. The highest BCUT2D eigenvalue weighted by Gasteiger charge is 2.07. The summed E-state index contributed by atoms with van der Waals surface area (Å²) in [6.07, 6.45) is 3.68. The number of hydrogen-bond donors (Lipinski definition) is 2. The van der Waals surface area contributed by atoms with Crippen molar-refractivity contribution in [3.8, 4) is 0 Å². The third-order valence-electron chi connectivity index (χ3n) is 4.04. The van der Waals surface area contributed by atoms with Crippen molar-refractivity contribution >= 4 is 17.5 Å². The Bertz CT molecular complexity index is 691. The number of hydrogen-bond acceptors (Lipinski definition) is 2. The van der Waals surface area contributed by atoms with E-state index < -0.39 is 0 Å². The molecule has 0 aliphatic heterocycles. The predicted molar refractivity (Wildman–Crippen MR) is 102 cm³/mol. The maximum Gasteiger partial charge on any atom is 0.319 e. The molecule has 0 unspecified atom stereocenters. The normalized spacial score (nSPS) is 10.3. The maximum atomic E-state index is 12.0. The van der Waals surface area contributed by atoms with Gasteiger partial charge in [-0.2, -0.15) is 0 Å². The lowest BCUT2D eigenvalue weighted by molar-refractivity contribution is 0.0983. The van der Waals surface area contributed by atoms with E-state index in [2.05, 4.69) is 17.6 Å². The van der Waals surface area contributed by atoms with Gasteiger partial charge in [-0.15, -0.1) is 0 Å². The average molecular weight is 338 g/mol. The first-order chi connectivity index (χ1) is 12.1. The van der Waals surface area contributed by atoms with Crippen molar-refractivity contribution in [2.24, 2.45) is 0 Å². The summed E-state index contributed by atoms with van der Waals surface area (Å²) in [4.78, 5) is 23.9. The van der Waals surface area contributed by atoms with E-state index in [1.165, 1.54) is 18.4 Å². The molecule has 4 heteroatoms. The molecule has 25 heavy (non-hydrogen) atoms. The van der Waals surface area contributed by atoms with Gasteiger partial charge in [0.05, 0.1) is 0 Å². The first-order valence-corrected chi connectivity index (χ1v) is 8.82. The Labute approximate surface area is 149 Å². The minimum Gasteiger partial charge on any atom is -0.337 e. The van der Waals surface area contributed by atoms with Crippen LogP contribution in [-0.4, -0.2) is 18.4 Å². The molecule has 2 amide bonds. The third-order valence-corrected chi connectivity index (χ3v) is 4.04. The predicted octanol–water partition coefficient (Wildman–Crippen LogP) is 4.73. The molecule has 0 fully saturated rings. The van der Waals surface area contributed by atoms with Crippen molar-refractivity contribution in [1.82, 2.24) is 5.32 Å². The SMILES string of the molecule is CCCCc1ccc(NC(=O)NCCC(=O)c2ccc(C)cc2)cc1. The number of nitrogens with one attached hydrogen (secondary N) is 2. The number of carbonyl (C=O) groups is 2. The van der Waals surface area contributed by atoms with Crippen molar-refractivity contribution in [3.63, 3.8) is 0 Å². The zero-order valence-corrected chi connectivity index (χ0v) is 15.0. The van der Waals surface area contributed by atoms with Crippen molar-refractivity contribution < 1.29 is 9.59 Å². The number of anilines is 1. The van der Waals surface area contributed by atoms with Crippen LogP contribution in [0.1, 0.15) is 47.7 Å². The summed E-state index contributed by atoms with van der Waals surface area (Å²) in [6.45, 7) is 4.47. The van der Waals surface area contributed by atoms with Gasteiger partial charge >= 0.3 is 6.03 Å². The number of carbonyl (C=O) groups excluding carboxylic acids is 2. The molecule has 0 aromatic heterocycles. The fourth-order valence-corrected chi connectivity index (χ4v) is 2.48. The van der Waals surface area contributed by atoms with Crippen molar-refractivity contribution in [2.75, 3.05) is 11.9 Å². The van der Waals surface area contributed by atoms with Gasteiger partial charge in [-0.1, -0.05) is 55.3 Å². The molecule has 0 atom stereocenters. The van der Waals surface area contributed by atoms with Crippen LogP contribution in [0.15, 0.2) is 48.5 Å². The molecule has 0 spiro atoms. The van der Waals surface area contributed by atoms with Gasteiger partial charge in [0, 0.05) is 24.2 Å². The lowest BCUT2D eigenvalue weighted by atomic mass is 10.1. The molecule has 2 aromatic rings. The van der Waals surface area contributed by atoms with Crippen molar-refractivity contribution in [3.05, 3.63) is 65.2 Å². The number of rotatable bonds is 8. The highest BCUT2D eigenvalue weighted by molar-refractivity contribution is 5.96. The number of urea groups is 1. The highest BCUT2D eigenvalue weighted by atomic mass is 16.2. The van der Waals surface area contributed by atoms with Crippen molar-refractivity contribution in [1.29, 1.82) is 0 Å². The van der Waals surface area contributed by atoms with Gasteiger partial charge in [0.1, 0.15) is 0 Å². The molecule has 0 aliphatic rings. The Morgan fingerprint density at radius 3 is 2.28 bits per heavy atom. The second kappa shape index (κ2) is 9.62. The summed E-state index contributed by atoms with van der Waals surface area (Å²) in [6, 6.07) is 15.0. The summed E-state index contributed by atoms with van der Waals surface area (Å²) in [5.41, 5.74) is 3.82. The molecular formula is C21H26N2O2. The lowest BCUT2D eigenvalue weighted by Gasteiger charge is -2.08. The molecule has 0 heterocycles.